The summed E-state index contributed by atoms with van der Waals surface area (Å²) < 4.78 is 0. The van der Waals surface area contributed by atoms with Crippen molar-refractivity contribution in [3.63, 3.8) is 0 Å². The van der Waals surface area contributed by atoms with Crippen LogP contribution in [0.3, 0.4) is 0 Å². The van der Waals surface area contributed by atoms with Gasteiger partial charge in [0.15, 0.2) is 0 Å². The van der Waals surface area contributed by atoms with Crippen molar-refractivity contribution >= 4 is 0 Å². The van der Waals surface area contributed by atoms with Crippen LogP contribution in [-0.4, -0.2) is 4.98 Å². The molecular weight excluding hydrogens is 184 g/mol. The molecule has 0 saturated carbocycles. The number of rotatable bonds is 1. The number of hydrogen-bond acceptors (Lipinski definition) is 2. The first kappa shape index (κ1) is 11.7. The van der Waals surface area contributed by atoms with Crippen molar-refractivity contribution in [3.8, 4) is 6.07 Å². The maximum Gasteiger partial charge on any atom is 0.0781 e. The molecule has 0 amide bonds. The molecule has 80 valence electrons. The molecule has 0 radical (unpaired) electrons. The van der Waals surface area contributed by atoms with E-state index in [1.54, 1.807) is 0 Å². The molecule has 0 spiro atoms. The summed E-state index contributed by atoms with van der Waals surface area (Å²) in [6.45, 7) is 10.2. The van der Waals surface area contributed by atoms with Crippen LogP contribution in [0.25, 0.3) is 0 Å². The van der Waals surface area contributed by atoms with Gasteiger partial charge >= 0.3 is 0 Å². The van der Waals surface area contributed by atoms with E-state index in [1.807, 2.05) is 32.2 Å². The molecule has 2 heteroatoms. The van der Waals surface area contributed by atoms with Gasteiger partial charge in [-0.05, 0) is 25.5 Å². The smallest absolute Gasteiger partial charge is 0.0781 e. The zero-order chi connectivity index (χ0) is 11.7. The molecule has 0 aliphatic rings. The molecule has 0 aromatic carbocycles. The van der Waals surface area contributed by atoms with Crippen LogP contribution in [0.2, 0.25) is 0 Å². The van der Waals surface area contributed by atoms with Crippen LogP contribution in [0.4, 0.5) is 0 Å². The fraction of sp³-hybridized carbons (Fsp3) is 0.538. The largest absolute Gasteiger partial charge is 0.260 e. The number of hydrogen-bond donors (Lipinski definition) is 0. The second kappa shape index (κ2) is 3.66. The first-order valence-electron chi connectivity index (χ1n) is 5.15. The summed E-state index contributed by atoms with van der Waals surface area (Å²) in [5, 5.41) is 9.00. The number of nitrogens with zero attached hydrogens (tertiary/aromatic N) is 2. The van der Waals surface area contributed by atoms with Gasteiger partial charge < -0.3 is 0 Å². The Hall–Kier alpha value is -1.36. The molecule has 1 aromatic heterocycles. The van der Waals surface area contributed by atoms with Crippen LogP contribution < -0.4 is 0 Å². The first-order chi connectivity index (χ1) is 6.77. The van der Waals surface area contributed by atoms with Gasteiger partial charge in [0.05, 0.1) is 11.5 Å². The minimum atomic E-state index is -0.455. The van der Waals surface area contributed by atoms with Crippen molar-refractivity contribution in [2.75, 3.05) is 0 Å². The summed E-state index contributed by atoms with van der Waals surface area (Å²) in [4.78, 5) is 4.41. The Balaban J connectivity index is 3.08. The van der Waals surface area contributed by atoms with Crippen LogP contribution in [0.1, 0.15) is 45.9 Å². The number of aromatic nitrogens is 1. The Bertz CT molecular complexity index is 374. The maximum atomic E-state index is 9.00. The molecule has 0 bridgehead atoms. The highest BCUT2D eigenvalue weighted by atomic mass is 14.7. The van der Waals surface area contributed by atoms with E-state index in [4.69, 9.17) is 5.26 Å². The molecule has 15 heavy (non-hydrogen) atoms. The van der Waals surface area contributed by atoms with E-state index >= 15 is 0 Å². The minimum absolute atomic E-state index is 0.0648. The molecule has 1 rings (SSSR count). The lowest BCUT2D eigenvalue weighted by atomic mass is 9.85. The van der Waals surface area contributed by atoms with Crippen molar-refractivity contribution in [1.82, 2.24) is 4.98 Å². The topological polar surface area (TPSA) is 36.7 Å². The lowest BCUT2D eigenvalue weighted by molar-refractivity contribution is 0.565. The van der Waals surface area contributed by atoms with Gasteiger partial charge in [-0.1, -0.05) is 26.8 Å². The minimum Gasteiger partial charge on any atom is -0.260 e. The third-order valence-corrected chi connectivity index (χ3v) is 2.53. The molecule has 0 aliphatic carbocycles. The Morgan fingerprint density at radius 2 is 1.73 bits per heavy atom. The molecule has 2 nitrogen and oxygen atoms in total. The summed E-state index contributed by atoms with van der Waals surface area (Å²) in [6, 6.07) is 6.28. The lowest BCUT2D eigenvalue weighted by Crippen LogP contribution is -2.17. The molecule has 1 aromatic rings. The Kier molecular flexibility index (Phi) is 2.86. The number of pyridine rings is 1. The van der Waals surface area contributed by atoms with Gasteiger partial charge in [-0.3, -0.25) is 4.98 Å². The molecule has 0 fully saturated rings. The zero-order valence-electron chi connectivity index (χ0n) is 10.1. The highest BCUT2D eigenvalue weighted by molar-refractivity contribution is 5.29. The van der Waals surface area contributed by atoms with Crippen LogP contribution >= 0.6 is 0 Å². The van der Waals surface area contributed by atoms with E-state index in [0.717, 1.165) is 11.3 Å². The van der Waals surface area contributed by atoms with Crippen molar-refractivity contribution < 1.29 is 0 Å². The number of nitriles is 1. The van der Waals surface area contributed by atoms with Gasteiger partial charge in [-0.2, -0.15) is 5.26 Å². The molecule has 0 unspecified atom stereocenters. The maximum absolute atomic E-state index is 9.00. The van der Waals surface area contributed by atoms with E-state index in [-0.39, 0.29) is 5.41 Å². The zero-order valence-corrected chi connectivity index (χ0v) is 10.1. The van der Waals surface area contributed by atoms with E-state index in [0.29, 0.717) is 0 Å². The second-order valence-electron chi connectivity index (χ2n) is 5.42. The second-order valence-corrected chi connectivity index (χ2v) is 5.42. The molecule has 0 aliphatic heterocycles. The van der Waals surface area contributed by atoms with E-state index in [1.165, 1.54) is 0 Å². The standard InChI is InChI=1S/C13H18N2/c1-12(2,3)11-7-6-10(8-15-11)13(4,5)9-14/h6-8H,1-5H3. The van der Waals surface area contributed by atoms with Crippen molar-refractivity contribution in [1.29, 1.82) is 5.26 Å². The van der Waals surface area contributed by atoms with Gasteiger partial charge in [0.25, 0.3) is 0 Å². The first-order valence-corrected chi connectivity index (χ1v) is 5.15. The molecule has 0 atom stereocenters. The van der Waals surface area contributed by atoms with E-state index in [9.17, 15) is 0 Å². The molecular formula is C13H18N2. The fourth-order valence-electron chi connectivity index (χ4n) is 1.27. The third kappa shape index (κ3) is 2.56. The quantitative estimate of drug-likeness (QED) is 0.701. The highest BCUT2D eigenvalue weighted by Crippen LogP contribution is 2.24. The van der Waals surface area contributed by atoms with E-state index < -0.39 is 5.41 Å². The van der Waals surface area contributed by atoms with Crippen LogP contribution in [0.5, 0.6) is 0 Å². The van der Waals surface area contributed by atoms with Crippen LogP contribution in [0, 0.1) is 11.3 Å². The monoisotopic (exact) mass is 202 g/mol. The highest BCUT2D eigenvalue weighted by Gasteiger charge is 2.21. The predicted molar refractivity (Wildman–Crippen MR) is 61.6 cm³/mol. The van der Waals surface area contributed by atoms with Crippen LogP contribution in [0.15, 0.2) is 18.3 Å². The summed E-state index contributed by atoms with van der Waals surface area (Å²) >= 11 is 0. The average molecular weight is 202 g/mol. The van der Waals surface area contributed by atoms with Crippen molar-refractivity contribution in [2.45, 2.75) is 45.4 Å². The normalized spacial score (nSPS) is 12.3. The Labute approximate surface area is 92.0 Å². The lowest BCUT2D eigenvalue weighted by Gasteiger charge is -2.20. The average Bonchev–Trinajstić information content (AvgIpc) is 2.17. The summed E-state index contributed by atoms with van der Waals surface area (Å²) in [5.74, 6) is 0. The SMILES string of the molecule is CC(C)(C)c1ccc(C(C)(C)C#N)cn1. The van der Waals surface area contributed by atoms with Gasteiger partial charge in [0.1, 0.15) is 0 Å². The van der Waals surface area contributed by atoms with Crippen LogP contribution in [-0.2, 0) is 10.8 Å². The van der Waals surface area contributed by atoms with Gasteiger partial charge in [-0.15, -0.1) is 0 Å². The molecule has 0 saturated heterocycles. The Morgan fingerprint density at radius 3 is 2.07 bits per heavy atom. The summed E-state index contributed by atoms with van der Waals surface area (Å²) in [5.41, 5.74) is 1.64. The van der Waals surface area contributed by atoms with Gasteiger partial charge in [0.2, 0.25) is 0 Å². The Morgan fingerprint density at radius 1 is 1.13 bits per heavy atom. The van der Waals surface area contributed by atoms with Crippen molar-refractivity contribution in [2.24, 2.45) is 0 Å². The van der Waals surface area contributed by atoms with Gasteiger partial charge in [0, 0.05) is 17.3 Å². The summed E-state index contributed by atoms with van der Waals surface area (Å²) in [6.07, 6.45) is 1.81. The summed E-state index contributed by atoms with van der Waals surface area (Å²) in [7, 11) is 0. The predicted octanol–water partition coefficient (Wildman–Crippen LogP) is 3.18. The molecule has 1 heterocycles. The van der Waals surface area contributed by atoms with Gasteiger partial charge in [-0.25, -0.2) is 0 Å². The molecule has 0 N–H and O–H groups in total. The van der Waals surface area contributed by atoms with E-state index in [2.05, 4.69) is 31.8 Å². The van der Waals surface area contributed by atoms with Crippen molar-refractivity contribution in [3.05, 3.63) is 29.6 Å². The third-order valence-electron chi connectivity index (χ3n) is 2.53. The fourth-order valence-corrected chi connectivity index (χ4v) is 1.27.